The lowest BCUT2D eigenvalue weighted by molar-refractivity contribution is 0.0896. The van der Waals surface area contributed by atoms with Gasteiger partial charge >= 0.3 is 0 Å². The van der Waals surface area contributed by atoms with Crippen LogP contribution in [-0.2, 0) is 10.0 Å². The van der Waals surface area contributed by atoms with Gasteiger partial charge in [-0.2, -0.15) is 4.31 Å². The van der Waals surface area contributed by atoms with Crippen LogP contribution in [0.2, 0.25) is 0 Å². The molecule has 0 radical (unpaired) electrons. The lowest BCUT2D eigenvalue weighted by Gasteiger charge is -2.39. The van der Waals surface area contributed by atoms with E-state index in [4.69, 9.17) is 4.52 Å². The predicted molar refractivity (Wildman–Crippen MR) is 110 cm³/mol. The number of amides is 1. The predicted octanol–water partition coefficient (Wildman–Crippen LogP) is 1.27. The number of carbonyl (C=O) groups is 2. The Morgan fingerprint density at radius 3 is 2.37 bits per heavy atom. The first-order valence-electron chi connectivity index (χ1n) is 10.7. The second-order valence-electron chi connectivity index (χ2n) is 9.01. The summed E-state index contributed by atoms with van der Waals surface area (Å²) >= 11 is 0. The van der Waals surface area contributed by atoms with E-state index in [2.05, 4.69) is 22.4 Å². The van der Waals surface area contributed by atoms with Crippen LogP contribution in [0.5, 0.6) is 0 Å². The molecule has 166 valence electrons. The van der Waals surface area contributed by atoms with E-state index >= 15 is 0 Å². The Kier molecular flexibility index (Phi) is 6.00. The van der Waals surface area contributed by atoms with Gasteiger partial charge in [-0.15, -0.1) is 0 Å². The maximum Gasteiger partial charge on any atom is 0.273 e. The highest BCUT2D eigenvalue weighted by atomic mass is 32.2. The van der Waals surface area contributed by atoms with Gasteiger partial charge in [0.25, 0.3) is 5.91 Å². The summed E-state index contributed by atoms with van der Waals surface area (Å²) in [5.74, 6) is -0.167. The van der Waals surface area contributed by atoms with Gasteiger partial charge in [0.15, 0.2) is 11.5 Å². The first-order valence-corrected chi connectivity index (χ1v) is 12.3. The van der Waals surface area contributed by atoms with E-state index in [9.17, 15) is 18.0 Å². The van der Waals surface area contributed by atoms with Gasteiger partial charge in [0.2, 0.25) is 15.8 Å². The Hall–Kier alpha value is -1.78. The van der Waals surface area contributed by atoms with E-state index < -0.39 is 15.9 Å². The van der Waals surface area contributed by atoms with Gasteiger partial charge in [-0.05, 0) is 64.6 Å². The maximum absolute atomic E-state index is 13.2. The number of fused-ring (bicyclic) bond motifs is 2. The van der Waals surface area contributed by atoms with E-state index in [1.54, 1.807) is 4.31 Å². The number of rotatable bonds is 6. The molecule has 1 aromatic heterocycles. The SMILES string of the molecule is CC(=O)c1cc(C(=O)NC2C[C@H]3CC[C@@H](C2)N3S(=O)(=O)CC2CCN(C)CC2)no1. The molecule has 3 fully saturated rings. The Morgan fingerprint density at radius 1 is 1.17 bits per heavy atom. The Bertz CT molecular complexity index is 892. The van der Waals surface area contributed by atoms with Crippen molar-refractivity contribution in [2.45, 2.75) is 63.6 Å². The van der Waals surface area contributed by atoms with Crippen molar-refractivity contribution < 1.29 is 22.5 Å². The van der Waals surface area contributed by atoms with Crippen molar-refractivity contribution in [1.29, 1.82) is 0 Å². The molecule has 1 N–H and O–H groups in total. The standard InChI is InChI=1S/C20H30N4O5S/c1-13(25)19-11-18(22-29-19)20(26)21-15-9-16-3-4-17(10-15)24(16)30(27,28)12-14-5-7-23(2)8-6-14/h11,14-17H,3-10,12H2,1-2H3,(H,21,26)/t15?,16-,17+. The number of carbonyl (C=O) groups excluding carboxylic acids is 2. The number of hydrogen-bond donors (Lipinski definition) is 1. The molecule has 0 aliphatic carbocycles. The summed E-state index contributed by atoms with van der Waals surface area (Å²) in [6.45, 7) is 3.25. The van der Waals surface area contributed by atoms with Gasteiger partial charge in [0.1, 0.15) is 0 Å². The summed E-state index contributed by atoms with van der Waals surface area (Å²) in [6, 6.07) is 1.11. The maximum atomic E-state index is 13.2. The summed E-state index contributed by atoms with van der Waals surface area (Å²) < 4.78 is 33.0. The quantitative estimate of drug-likeness (QED) is 0.666. The number of hydrogen-bond acceptors (Lipinski definition) is 7. The van der Waals surface area contributed by atoms with Crippen molar-refractivity contribution in [3.8, 4) is 0 Å². The Balaban J connectivity index is 1.37. The van der Waals surface area contributed by atoms with E-state index in [-0.39, 0.29) is 47.0 Å². The zero-order chi connectivity index (χ0) is 21.5. The summed E-state index contributed by atoms with van der Waals surface area (Å²) in [6.07, 6.45) is 4.73. The van der Waals surface area contributed by atoms with Crippen LogP contribution in [0.25, 0.3) is 0 Å². The van der Waals surface area contributed by atoms with Crippen molar-refractivity contribution in [1.82, 2.24) is 19.7 Å². The summed E-state index contributed by atoms with van der Waals surface area (Å²) in [5.41, 5.74) is 0.0739. The lowest BCUT2D eigenvalue weighted by atomic mass is 9.99. The molecule has 9 nitrogen and oxygen atoms in total. The van der Waals surface area contributed by atoms with E-state index in [1.165, 1.54) is 13.0 Å². The molecule has 0 spiro atoms. The number of piperidine rings is 2. The number of ketones is 1. The zero-order valence-electron chi connectivity index (χ0n) is 17.5. The first kappa shape index (κ1) is 21.5. The van der Waals surface area contributed by atoms with Crippen LogP contribution < -0.4 is 5.32 Å². The molecule has 10 heteroatoms. The van der Waals surface area contributed by atoms with Gasteiger partial charge in [-0.1, -0.05) is 5.16 Å². The lowest BCUT2D eigenvalue weighted by Crippen LogP contribution is -2.53. The number of sulfonamides is 1. The van der Waals surface area contributed by atoms with Crippen molar-refractivity contribution in [3.63, 3.8) is 0 Å². The highest BCUT2D eigenvalue weighted by Crippen LogP contribution is 2.39. The zero-order valence-corrected chi connectivity index (χ0v) is 18.4. The summed E-state index contributed by atoms with van der Waals surface area (Å²) in [4.78, 5) is 26.0. The third-order valence-electron chi connectivity index (χ3n) is 6.70. The molecule has 0 aromatic carbocycles. The van der Waals surface area contributed by atoms with Crippen LogP contribution in [0.4, 0.5) is 0 Å². The monoisotopic (exact) mass is 438 g/mol. The fourth-order valence-corrected chi connectivity index (χ4v) is 7.52. The normalized spacial score (nSPS) is 28.5. The highest BCUT2D eigenvalue weighted by molar-refractivity contribution is 7.89. The van der Waals surface area contributed by atoms with Crippen LogP contribution >= 0.6 is 0 Å². The minimum absolute atomic E-state index is 0.0510. The molecule has 2 bridgehead atoms. The van der Waals surface area contributed by atoms with E-state index in [0.29, 0.717) is 12.8 Å². The molecule has 1 aromatic rings. The molecule has 3 aliphatic rings. The Labute approximate surface area is 177 Å². The number of aromatic nitrogens is 1. The molecular weight excluding hydrogens is 408 g/mol. The molecule has 0 saturated carbocycles. The minimum atomic E-state index is -3.31. The Morgan fingerprint density at radius 2 is 1.80 bits per heavy atom. The highest BCUT2D eigenvalue weighted by Gasteiger charge is 2.47. The molecule has 3 saturated heterocycles. The van der Waals surface area contributed by atoms with Crippen LogP contribution in [0.15, 0.2) is 10.6 Å². The van der Waals surface area contributed by atoms with Crippen molar-refractivity contribution in [2.24, 2.45) is 5.92 Å². The first-order chi connectivity index (χ1) is 14.2. The van der Waals surface area contributed by atoms with Crippen LogP contribution in [0, 0.1) is 5.92 Å². The van der Waals surface area contributed by atoms with Gasteiger partial charge in [-0.25, -0.2) is 8.42 Å². The molecule has 1 unspecified atom stereocenters. The largest absolute Gasteiger partial charge is 0.352 e. The molecule has 1 amide bonds. The molecule has 30 heavy (non-hydrogen) atoms. The molecule has 3 atom stereocenters. The van der Waals surface area contributed by atoms with E-state index in [0.717, 1.165) is 38.8 Å². The number of likely N-dealkylation sites (tertiary alicyclic amines) is 1. The van der Waals surface area contributed by atoms with Crippen LogP contribution in [0.3, 0.4) is 0 Å². The van der Waals surface area contributed by atoms with Crippen molar-refractivity contribution in [3.05, 3.63) is 17.5 Å². The smallest absolute Gasteiger partial charge is 0.273 e. The van der Waals surface area contributed by atoms with Gasteiger partial charge < -0.3 is 14.7 Å². The van der Waals surface area contributed by atoms with E-state index in [1.807, 2.05) is 0 Å². The van der Waals surface area contributed by atoms with Crippen LogP contribution in [0.1, 0.15) is 66.5 Å². The average molecular weight is 439 g/mol. The molecular formula is C20H30N4O5S. The third kappa shape index (κ3) is 4.45. The van der Waals surface area contributed by atoms with Gasteiger partial charge in [-0.3, -0.25) is 9.59 Å². The van der Waals surface area contributed by atoms with Gasteiger partial charge in [0.05, 0.1) is 5.75 Å². The molecule has 4 rings (SSSR count). The third-order valence-corrected chi connectivity index (χ3v) is 8.83. The second kappa shape index (κ2) is 8.39. The number of nitrogens with zero attached hydrogens (tertiary/aromatic N) is 3. The number of Topliss-reactive ketones (excluding diaryl/α,β-unsaturated/α-hetero) is 1. The molecule has 4 heterocycles. The fraction of sp³-hybridized carbons (Fsp3) is 0.750. The topological polar surface area (TPSA) is 113 Å². The van der Waals surface area contributed by atoms with Crippen molar-refractivity contribution >= 4 is 21.7 Å². The summed E-state index contributed by atoms with van der Waals surface area (Å²) in [5, 5.41) is 6.61. The molecule has 3 aliphatic heterocycles. The second-order valence-corrected chi connectivity index (χ2v) is 10.9. The minimum Gasteiger partial charge on any atom is -0.352 e. The summed E-state index contributed by atoms with van der Waals surface area (Å²) in [7, 11) is -1.24. The fourth-order valence-electron chi connectivity index (χ4n) is 5.13. The average Bonchev–Trinajstić information content (AvgIpc) is 3.28. The van der Waals surface area contributed by atoms with Gasteiger partial charge in [0, 0.05) is 31.1 Å². The van der Waals surface area contributed by atoms with Crippen LogP contribution in [-0.4, -0.2) is 78.5 Å². The van der Waals surface area contributed by atoms with Crippen molar-refractivity contribution in [2.75, 3.05) is 25.9 Å². The number of nitrogens with one attached hydrogen (secondary N) is 1.